The fourth-order valence-corrected chi connectivity index (χ4v) is 4.43. The Morgan fingerprint density at radius 2 is 1.88 bits per heavy atom. The van der Waals surface area contributed by atoms with Crippen LogP contribution in [-0.4, -0.2) is 65.9 Å². The summed E-state index contributed by atoms with van der Waals surface area (Å²) in [4.78, 5) is 29.7. The topological polar surface area (TPSA) is 64.7 Å². The van der Waals surface area contributed by atoms with Gasteiger partial charge in [-0.25, -0.2) is 0 Å². The van der Waals surface area contributed by atoms with E-state index in [0.29, 0.717) is 19.6 Å². The van der Waals surface area contributed by atoms with Crippen molar-refractivity contribution in [1.29, 1.82) is 0 Å². The quantitative estimate of drug-likeness (QED) is 0.862. The minimum absolute atomic E-state index is 0.0558. The molecule has 6 nitrogen and oxygen atoms in total. The summed E-state index contributed by atoms with van der Waals surface area (Å²) in [5.41, 5.74) is 0.473. The molecule has 134 valence electrons. The van der Waals surface area contributed by atoms with Crippen molar-refractivity contribution >= 4 is 17.5 Å². The van der Waals surface area contributed by atoms with Gasteiger partial charge in [-0.05, 0) is 25.0 Å². The summed E-state index contributed by atoms with van der Waals surface area (Å²) >= 11 is 0. The fourth-order valence-electron chi connectivity index (χ4n) is 4.43. The van der Waals surface area contributed by atoms with E-state index in [1.807, 2.05) is 35.2 Å². The molecule has 1 aromatic rings. The molecule has 1 aromatic carbocycles. The van der Waals surface area contributed by atoms with Crippen LogP contribution < -0.4 is 10.6 Å². The van der Waals surface area contributed by atoms with Crippen LogP contribution in [0.1, 0.15) is 25.7 Å². The summed E-state index contributed by atoms with van der Waals surface area (Å²) < 4.78 is 0. The molecule has 2 heterocycles. The van der Waals surface area contributed by atoms with Gasteiger partial charge < -0.3 is 15.5 Å². The number of fused-ring (bicyclic) bond motifs is 1. The van der Waals surface area contributed by atoms with Crippen molar-refractivity contribution in [2.45, 2.75) is 37.3 Å². The average Bonchev–Trinajstić information content (AvgIpc) is 3.12. The third-order valence-corrected chi connectivity index (χ3v) is 5.80. The Hall–Kier alpha value is -2.08. The van der Waals surface area contributed by atoms with Crippen molar-refractivity contribution in [2.75, 3.05) is 38.0 Å². The zero-order valence-corrected chi connectivity index (χ0v) is 14.5. The molecule has 1 saturated carbocycles. The second-order valence-electron chi connectivity index (χ2n) is 7.37. The maximum atomic E-state index is 13.4. The molecule has 1 aliphatic carbocycles. The summed E-state index contributed by atoms with van der Waals surface area (Å²) in [5, 5.41) is 6.45. The highest BCUT2D eigenvalue weighted by Gasteiger charge is 2.46. The lowest BCUT2D eigenvalue weighted by Gasteiger charge is -2.45. The number of amides is 2. The van der Waals surface area contributed by atoms with Crippen molar-refractivity contribution in [2.24, 2.45) is 0 Å². The van der Waals surface area contributed by atoms with Crippen LogP contribution in [0.5, 0.6) is 0 Å². The molecule has 2 saturated heterocycles. The molecule has 1 atom stereocenters. The molecule has 0 bridgehead atoms. The van der Waals surface area contributed by atoms with Gasteiger partial charge in [-0.1, -0.05) is 31.0 Å². The first-order chi connectivity index (χ1) is 12.2. The minimum Gasteiger partial charge on any atom is -0.371 e. The summed E-state index contributed by atoms with van der Waals surface area (Å²) in [6, 6.07) is 9.79. The lowest BCUT2D eigenvalue weighted by Crippen LogP contribution is -2.66. The number of nitrogens with zero attached hydrogens (tertiary/aromatic N) is 2. The van der Waals surface area contributed by atoms with E-state index in [1.165, 1.54) is 0 Å². The molecule has 0 spiro atoms. The van der Waals surface area contributed by atoms with E-state index in [9.17, 15) is 9.59 Å². The smallest absolute Gasteiger partial charge is 0.248 e. The van der Waals surface area contributed by atoms with E-state index in [0.717, 1.165) is 44.5 Å². The highest BCUT2D eigenvalue weighted by Crippen LogP contribution is 2.35. The van der Waals surface area contributed by atoms with E-state index in [2.05, 4.69) is 15.5 Å². The third-order valence-electron chi connectivity index (χ3n) is 5.80. The zero-order chi connectivity index (χ0) is 17.3. The average molecular weight is 342 g/mol. The predicted molar refractivity (Wildman–Crippen MR) is 96.2 cm³/mol. The largest absolute Gasteiger partial charge is 0.371 e. The second-order valence-corrected chi connectivity index (χ2v) is 7.37. The van der Waals surface area contributed by atoms with E-state index in [-0.39, 0.29) is 17.9 Å². The van der Waals surface area contributed by atoms with Crippen LogP contribution in [0.15, 0.2) is 30.3 Å². The number of nitrogens with one attached hydrogen (secondary N) is 2. The molecule has 4 rings (SSSR count). The highest BCUT2D eigenvalue weighted by molar-refractivity contribution is 5.91. The summed E-state index contributed by atoms with van der Waals surface area (Å²) in [7, 11) is 0. The predicted octanol–water partition coefficient (Wildman–Crippen LogP) is 1.05. The van der Waals surface area contributed by atoms with Crippen LogP contribution in [0, 0.1) is 0 Å². The molecule has 3 aliphatic rings. The Morgan fingerprint density at radius 1 is 1.12 bits per heavy atom. The molecule has 2 N–H and O–H groups in total. The number of benzene rings is 1. The van der Waals surface area contributed by atoms with E-state index in [1.54, 1.807) is 0 Å². The van der Waals surface area contributed by atoms with Gasteiger partial charge in [-0.15, -0.1) is 0 Å². The summed E-state index contributed by atoms with van der Waals surface area (Å²) in [6.07, 6.45) is 3.85. The first kappa shape index (κ1) is 16.4. The molecule has 25 heavy (non-hydrogen) atoms. The van der Waals surface area contributed by atoms with Gasteiger partial charge in [0.15, 0.2) is 0 Å². The Bertz CT molecular complexity index is 642. The monoisotopic (exact) mass is 342 g/mol. The van der Waals surface area contributed by atoms with E-state index >= 15 is 0 Å². The van der Waals surface area contributed by atoms with Gasteiger partial charge in [0.05, 0.1) is 0 Å². The Kier molecular flexibility index (Phi) is 4.37. The van der Waals surface area contributed by atoms with Crippen LogP contribution in [0.2, 0.25) is 0 Å². The lowest BCUT2D eigenvalue weighted by molar-refractivity contribution is -0.143. The standard InChI is InChI=1S/C19H26N4O2/c24-17-16-14-23(13-12-22(16)11-10-20-17)18(25)19(8-4-5-9-19)21-15-6-2-1-3-7-15/h1-3,6-7,16,21H,4-5,8-14H2,(H,20,24)/t16-/m0/s1. The van der Waals surface area contributed by atoms with Crippen LogP contribution in [0.25, 0.3) is 0 Å². The zero-order valence-electron chi connectivity index (χ0n) is 14.5. The first-order valence-corrected chi connectivity index (χ1v) is 9.32. The van der Waals surface area contributed by atoms with Crippen molar-refractivity contribution in [3.63, 3.8) is 0 Å². The van der Waals surface area contributed by atoms with Crippen LogP contribution >= 0.6 is 0 Å². The third kappa shape index (κ3) is 3.11. The van der Waals surface area contributed by atoms with Gasteiger partial charge in [-0.3, -0.25) is 14.5 Å². The molecule has 3 fully saturated rings. The number of hydrogen-bond acceptors (Lipinski definition) is 4. The number of rotatable bonds is 3. The van der Waals surface area contributed by atoms with Gasteiger partial charge >= 0.3 is 0 Å². The number of anilines is 1. The normalized spacial score (nSPS) is 26.0. The van der Waals surface area contributed by atoms with Crippen LogP contribution in [0.3, 0.4) is 0 Å². The lowest BCUT2D eigenvalue weighted by atomic mass is 9.93. The maximum absolute atomic E-state index is 13.4. The Labute approximate surface area is 148 Å². The molecular weight excluding hydrogens is 316 g/mol. The summed E-state index contributed by atoms with van der Waals surface area (Å²) in [6.45, 7) is 3.59. The molecule has 2 amide bonds. The molecule has 0 aromatic heterocycles. The Balaban J connectivity index is 1.52. The van der Waals surface area contributed by atoms with E-state index in [4.69, 9.17) is 0 Å². The van der Waals surface area contributed by atoms with Crippen LogP contribution in [0.4, 0.5) is 5.69 Å². The summed E-state index contributed by atoms with van der Waals surface area (Å²) in [5.74, 6) is 0.215. The van der Waals surface area contributed by atoms with Crippen molar-refractivity contribution in [3.8, 4) is 0 Å². The van der Waals surface area contributed by atoms with Crippen molar-refractivity contribution in [3.05, 3.63) is 30.3 Å². The van der Waals surface area contributed by atoms with Crippen molar-refractivity contribution < 1.29 is 9.59 Å². The number of para-hydroxylation sites is 1. The van der Waals surface area contributed by atoms with Gasteiger partial charge in [0.2, 0.25) is 11.8 Å². The molecule has 0 radical (unpaired) electrons. The van der Waals surface area contributed by atoms with Crippen LogP contribution in [-0.2, 0) is 9.59 Å². The second kappa shape index (κ2) is 6.67. The molecular formula is C19H26N4O2. The SMILES string of the molecule is O=C1NCCN2CCN(C(=O)C3(Nc4ccccc4)CCCC3)C[C@@H]12. The van der Waals surface area contributed by atoms with Crippen molar-refractivity contribution in [1.82, 2.24) is 15.1 Å². The molecule has 6 heteroatoms. The molecule has 0 unspecified atom stereocenters. The number of hydrogen-bond donors (Lipinski definition) is 2. The highest BCUT2D eigenvalue weighted by atomic mass is 16.2. The van der Waals surface area contributed by atoms with E-state index < -0.39 is 5.54 Å². The molecule has 2 aliphatic heterocycles. The van der Waals surface area contributed by atoms with Gasteiger partial charge in [-0.2, -0.15) is 0 Å². The number of piperazine rings is 2. The number of carbonyl (C=O) groups excluding carboxylic acids is 2. The minimum atomic E-state index is -0.519. The number of carbonyl (C=O) groups is 2. The Morgan fingerprint density at radius 3 is 2.64 bits per heavy atom. The maximum Gasteiger partial charge on any atom is 0.248 e. The van der Waals surface area contributed by atoms with Gasteiger partial charge in [0.25, 0.3) is 0 Å². The fraction of sp³-hybridized carbons (Fsp3) is 0.579. The van der Waals surface area contributed by atoms with Gasteiger partial charge in [0, 0.05) is 38.4 Å². The first-order valence-electron chi connectivity index (χ1n) is 9.32. The van der Waals surface area contributed by atoms with Gasteiger partial charge in [0.1, 0.15) is 11.6 Å².